The van der Waals surface area contributed by atoms with Crippen molar-refractivity contribution in [2.75, 3.05) is 32.9 Å². The lowest BCUT2D eigenvalue weighted by Gasteiger charge is -2.35. The highest BCUT2D eigenvalue weighted by molar-refractivity contribution is 5.97. The van der Waals surface area contributed by atoms with Crippen LogP contribution in [0.3, 0.4) is 0 Å². The van der Waals surface area contributed by atoms with Gasteiger partial charge in [-0.25, -0.2) is 4.39 Å². The summed E-state index contributed by atoms with van der Waals surface area (Å²) < 4.78 is 24.7. The average molecular weight is 433 g/mol. The molecule has 1 aromatic carbocycles. The second kappa shape index (κ2) is 9.64. The van der Waals surface area contributed by atoms with Crippen LogP contribution in [0.25, 0.3) is 0 Å². The summed E-state index contributed by atoms with van der Waals surface area (Å²) in [5.74, 6) is -0.969. The first-order valence-electron chi connectivity index (χ1n) is 10.9. The lowest BCUT2D eigenvalue weighted by molar-refractivity contribution is -0.142. The number of hydrogen-bond donors (Lipinski definition) is 2. The number of nitrogens with one attached hydrogen (secondary N) is 2. The van der Waals surface area contributed by atoms with Gasteiger partial charge in [-0.1, -0.05) is 0 Å². The lowest BCUT2D eigenvalue weighted by Crippen LogP contribution is -2.50. The Hall–Kier alpha value is -2.68. The summed E-state index contributed by atoms with van der Waals surface area (Å²) in [6.45, 7) is 1.75. The van der Waals surface area contributed by atoms with Crippen LogP contribution in [0.1, 0.15) is 42.5 Å². The average Bonchev–Trinajstić information content (AvgIpc) is 3.17. The highest BCUT2D eigenvalue weighted by Crippen LogP contribution is 2.31. The van der Waals surface area contributed by atoms with Gasteiger partial charge in [0.25, 0.3) is 5.91 Å². The van der Waals surface area contributed by atoms with Gasteiger partial charge in [-0.15, -0.1) is 0 Å². The Bertz CT molecular complexity index is 842. The van der Waals surface area contributed by atoms with Gasteiger partial charge in [-0.3, -0.25) is 14.4 Å². The Kier molecular flexibility index (Phi) is 6.70. The van der Waals surface area contributed by atoms with E-state index in [2.05, 4.69) is 10.6 Å². The highest BCUT2D eigenvalue weighted by atomic mass is 19.1. The predicted molar refractivity (Wildman–Crippen MR) is 109 cm³/mol. The van der Waals surface area contributed by atoms with Crippen molar-refractivity contribution in [3.8, 4) is 5.75 Å². The molecule has 2 N–H and O–H groups in total. The smallest absolute Gasteiger partial charge is 0.255 e. The lowest BCUT2D eigenvalue weighted by atomic mass is 9.97. The molecule has 3 amide bonds. The second-order valence-electron chi connectivity index (χ2n) is 8.27. The van der Waals surface area contributed by atoms with E-state index in [-0.39, 0.29) is 67.2 Å². The SMILES string of the molecule is O=C1C[C@@H]2CC[C@H](CNC(=O)c3cc(F)ccc3OCCN1)N2C(=O)C1CCOCC1. The quantitative estimate of drug-likeness (QED) is 0.695. The first kappa shape index (κ1) is 21.5. The van der Waals surface area contributed by atoms with Crippen LogP contribution in [0.2, 0.25) is 0 Å². The summed E-state index contributed by atoms with van der Waals surface area (Å²) >= 11 is 0. The maximum atomic E-state index is 13.8. The second-order valence-corrected chi connectivity index (χ2v) is 8.27. The zero-order valence-electron chi connectivity index (χ0n) is 17.4. The van der Waals surface area contributed by atoms with Crippen LogP contribution in [0.4, 0.5) is 4.39 Å². The van der Waals surface area contributed by atoms with Crippen LogP contribution in [0, 0.1) is 11.7 Å². The minimum Gasteiger partial charge on any atom is -0.491 e. The fourth-order valence-corrected chi connectivity index (χ4v) is 4.63. The number of carbonyl (C=O) groups excluding carboxylic acids is 3. The van der Waals surface area contributed by atoms with Crippen molar-refractivity contribution in [1.82, 2.24) is 15.5 Å². The molecule has 0 aliphatic carbocycles. The molecular formula is C22H28FN3O5. The molecule has 3 aliphatic rings. The van der Waals surface area contributed by atoms with Gasteiger partial charge in [0.1, 0.15) is 18.2 Å². The van der Waals surface area contributed by atoms with Gasteiger partial charge < -0.3 is 25.0 Å². The third kappa shape index (κ3) is 4.98. The van der Waals surface area contributed by atoms with E-state index in [1.165, 1.54) is 12.1 Å². The molecule has 3 heterocycles. The third-order valence-electron chi connectivity index (χ3n) is 6.23. The minimum absolute atomic E-state index is 0.0275. The van der Waals surface area contributed by atoms with Gasteiger partial charge >= 0.3 is 0 Å². The van der Waals surface area contributed by atoms with Gasteiger partial charge in [0.05, 0.1) is 12.1 Å². The van der Waals surface area contributed by atoms with Crippen molar-refractivity contribution >= 4 is 17.7 Å². The van der Waals surface area contributed by atoms with Gasteiger partial charge in [-0.2, -0.15) is 0 Å². The molecule has 2 bridgehead atoms. The van der Waals surface area contributed by atoms with E-state index in [4.69, 9.17) is 9.47 Å². The molecule has 0 spiro atoms. The number of halogens is 1. The number of fused-ring (bicyclic) bond motifs is 3. The first-order chi connectivity index (χ1) is 15.0. The molecule has 8 nitrogen and oxygen atoms in total. The summed E-state index contributed by atoms with van der Waals surface area (Å²) in [7, 11) is 0. The zero-order valence-corrected chi connectivity index (χ0v) is 17.4. The minimum atomic E-state index is -0.538. The van der Waals surface area contributed by atoms with Crippen molar-refractivity contribution < 1.29 is 28.2 Å². The fraction of sp³-hybridized carbons (Fsp3) is 0.591. The number of rotatable bonds is 1. The molecule has 2 fully saturated rings. The molecule has 168 valence electrons. The maximum absolute atomic E-state index is 13.8. The van der Waals surface area contributed by atoms with Gasteiger partial charge in [0, 0.05) is 44.2 Å². The van der Waals surface area contributed by atoms with Crippen LogP contribution < -0.4 is 15.4 Å². The number of ether oxygens (including phenoxy) is 2. The summed E-state index contributed by atoms with van der Waals surface area (Å²) in [6.07, 6.45) is 2.94. The van der Waals surface area contributed by atoms with E-state index in [9.17, 15) is 18.8 Å². The van der Waals surface area contributed by atoms with Gasteiger partial charge in [0.2, 0.25) is 11.8 Å². The van der Waals surface area contributed by atoms with Gasteiger partial charge in [-0.05, 0) is 43.9 Å². The molecular weight excluding hydrogens is 405 g/mol. The molecule has 31 heavy (non-hydrogen) atoms. The Morgan fingerprint density at radius 1 is 1.03 bits per heavy atom. The molecule has 2 saturated heterocycles. The van der Waals surface area contributed by atoms with Crippen LogP contribution >= 0.6 is 0 Å². The molecule has 0 radical (unpaired) electrons. The molecule has 4 rings (SSSR count). The summed E-state index contributed by atoms with van der Waals surface area (Å²) in [6, 6.07) is 3.36. The third-order valence-corrected chi connectivity index (χ3v) is 6.23. The number of nitrogens with zero attached hydrogens (tertiary/aromatic N) is 1. The monoisotopic (exact) mass is 433 g/mol. The Balaban J connectivity index is 1.57. The number of amides is 3. The largest absolute Gasteiger partial charge is 0.491 e. The van der Waals surface area contributed by atoms with E-state index in [0.717, 1.165) is 6.07 Å². The normalized spacial score (nSPS) is 25.6. The van der Waals surface area contributed by atoms with E-state index in [1.54, 1.807) is 0 Å². The Morgan fingerprint density at radius 3 is 2.61 bits per heavy atom. The van der Waals surface area contributed by atoms with Gasteiger partial charge in [0.15, 0.2) is 0 Å². The van der Waals surface area contributed by atoms with Crippen molar-refractivity contribution in [1.29, 1.82) is 0 Å². The molecule has 2 atom stereocenters. The molecule has 9 heteroatoms. The summed E-state index contributed by atoms with van der Waals surface area (Å²) in [4.78, 5) is 40.4. The number of hydrogen-bond acceptors (Lipinski definition) is 5. The van der Waals surface area contributed by atoms with Crippen LogP contribution in [-0.4, -0.2) is 67.6 Å². The van der Waals surface area contributed by atoms with E-state index >= 15 is 0 Å². The number of carbonyl (C=O) groups is 3. The van der Waals surface area contributed by atoms with E-state index in [1.807, 2.05) is 4.90 Å². The zero-order chi connectivity index (χ0) is 21.8. The standard InChI is InChI=1S/C22H28FN3O5/c23-15-1-4-19-18(11-15)21(28)25-13-17-3-2-16(12-20(27)24-7-10-31-19)26(17)22(29)14-5-8-30-9-6-14/h1,4,11,14,16-17H,2-3,5-10,12-13H2,(H,24,27)(H,25,28)/t16-,17+/m0/s1. The summed E-state index contributed by atoms with van der Waals surface area (Å²) in [5.41, 5.74) is 0.0974. The van der Waals surface area contributed by atoms with E-state index in [0.29, 0.717) is 38.9 Å². The molecule has 1 aromatic rings. The molecule has 3 aliphatic heterocycles. The predicted octanol–water partition coefficient (Wildman–Crippen LogP) is 1.24. The van der Waals surface area contributed by atoms with Crippen LogP contribution in [0.5, 0.6) is 5.75 Å². The van der Waals surface area contributed by atoms with E-state index < -0.39 is 11.7 Å². The van der Waals surface area contributed by atoms with Crippen molar-refractivity contribution in [2.45, 2.75) is 44.2 Å². The van der Waals surface area contributed by atoms with Crippen molar-refractivity contribution in [2.24, 2.45) is 5.92 Å². The molecule has 0 aromatic heterocycles. The molecule has 0 unspecified atom stereocenters. The topological polar surface area (TPSA) is 97.0 Å². The Labute approximate surface area is 180 Å². The van der Waals surface area contributed by atoms with Crippen molar-refractivity contribution in [3.63, 3.8) is 0 Å². The molecule has 0 saturated carbocycles. The van der Waals surface area contributed by atoms with Crippen molar-refractivity contribution in [3.05, 3.63) is 29.6 Å². The summed E-state index contributed by atoms with van der Waals surface area (Å²) in [5, 5.41) is 5.66. The fourth-order valence-electron chi connectivity index (χ4n) is 4.63. The number of benzene rings is 1. The maximum Gasteiger partial charge on any atom is 0.255 e. The van der Waals surface area contributed by atoms with Crippen LogP contribution in [-0.2, 0) is 14.3 Å². The Morgan fingerprint density at radius 2 is 1.81 bits per heavy atom. The first-order valence-corrected chi connectivity index (χ1v) is 10.9. The van der Waals surface area contributed by atoms with Crippen LogP contribution in [0.15, 0.2) is 18.2 Å². The highest BCUT2D eigenvalue weighted by Gasteiger charge is 2.40.